The number of aromatic nitrogens is 1. The number of fused-ring (bicyclic) bond motifs is 1. The Morgan fingerprint density at radius 1 is 0.685 bits per heavy atom. The third kappa shape index (κ3) is 11.6. The molecule has 0 atom stereocenters. The van der Waals surface area contributed by atoms with Crippen molar-refractivity contribution in [1.82, 2.24) is 4.98 Å². The Kier molecular flexibility index (Phi) is 14.0. The number of para-hydroxylation sites is 1. The Morgan fingerprint density at radius 3 is 1.89 bits per heavy atom. The summed E-state index contributed by atoms with van der Waals surface area (Å²) in [5, 5.41) is 4.89. The molecule has 1 N–H and O–H groups in total. The Labute approximate surface area is 314 Å². The molecule has 0 radical (unpaired) electrons. The fraction of sp³-hybridized carbons (Fsp3) is 0.150. The first-order valence-corrected chi connectivity index (χ1v) is 17.4. The van der Waals surface area contributed by atoms with Crippen LogP contribution in [0.2, 0.25) is 0 Å². The average Bonchev–Trinajstić information content (AvgIpc) is 3.61. The molecule has 0 aliphatic carbocycles. The lowest BCUT2D eigenvalue weighted by Crippen LogP contribution is -2.11. The minimum atomic E-state index is -0.659. The molecule has 5 rings (SSSR count). The smallest absolute Gasteiger partial charge is 0.343 e. The van der Waals surface area contributed by atoms with E-state index in [1.165, 1.54) is 41.8 Å². The second-order valence-electron chi connectivity index (χ2n) is 11.0. The second kappa shape index (κ2) is 19.7. The molecule has 0 bridgehead atoms. The summed E-state index contributed by atoms with van der Waals surface area (Å²) < 4.78 is 33.5. The van der Waals surface area contributed by atoms with Crippen LogP contribution in [0, 0.1) is 0 Å². The van der Waals surface area contributed by atoms with Crippen LogP contribution in [-0.2, 0) is 19.1 Å². The summed E-state index contributed by atoms with van der Waals surface area (Å²) in [6.45, 7) is 7.66. The lowest BCUT2D eigenvalue weighted by molar-refractivity contribution is -0.138. The minimum absolute atomic E-state index is 0.168. The molecule has 0 saturated heterocycles. The van der Waals surface area contributed by atoms with Crippen molar-refractivity contribution in [3.8, 4) is 23.0 Å². The van der Waals surface area contributed by atoms with Gasteiger partial charge in [-0.05, 0) is 78.9 Å². The molecule has 14 heteroatoms. The van der Waals surface area contributed by atoms with Gasteiger partial charge in [0.2, 0.25) is 5.13 Å². The molecule has 13 nitrogen and oxygen atoms in total. The fourth-order valence-electron chi connectivity index (χ4n) is 4.52. The predicted molar refractivity (Wildman–Crippen MR) is 203 cm³/mol. The van der Waals surface area contributed by atoms with Crippen LogP contribution in [0.25, 0.3) is 10.2 Å². The number of hydrogen-bond acceptors (Lipinski definition) is 14. The molecule has 0 unspecified atom stereocenters. The first kappa shape index (κ1) is 38.4. The third-order valence-electron chi connectivity index (χ3n) is 7.17. The van der Waals surface area contributed by atoms with Crippen LogP contribution in [0.1, 0.15) is 39.1 Å². The van der Waals surface area contributed by atoms with Gasteiger partial charge in [-0.2, -0.15) is 5.10 Å². The molecule has 5 aromatic rings. The average molecular weight is 750 g/mol. The number of carbonyl (C=O) groups is 4. The van der Waals surface area contributed by atoms with E-state index in [2.05, 4.69) is 28.7 Å². The summed E-state index contributed by atoms with van der Waals surface area (Å²) in [4.78, 5) is 52.8. The molecule has 0 fully saturated rings. The quantitative estimate of drug-likeness (QED) is 0.0227. The highest BCUT2D eigenvalue weighted by Gasteiger charge is 2.15. The predicted octanol–water partition coefficient (Wildman–Crippen LogP) is 7.18. The molecule has 0 amide bonds. The van der Waals surface area contributed by atoms with Gasteiger partial charge in [-0.1, -0.05) is 36.6 Å². The molecule has 0 spiro atoms. The highest BCUT2D eigenvalue weighted by atomic mass is 32.1. The topological polar surface area (TPSA) is 161 Å². The van der Waals surface area contributed by atoms with Crippen LogP contribution >= 0.6 is 11.3 Å². The van der Waals surface area contributed by atoms with E-state index in [4.69, 9.17) is 28.4 Å². The van der Waals surface area contributed by atoms with E-state index in [1.54, 1.807) is 42.5 Å². The van der Waals surface area contributed by atoms with Crippen molar-refractivity contribution in [1.29, 1.82) is 0 Å². The number of benzene rings is 4. The van der Waals surface area contributed by atoms with Gasteiger partial charge in [0, 0.05) is 30.6 Å². The van der Waals surface area contributed by atoms with Crippen molar-refractivity contribution in [2.75, 3.05) is 31.9 Å². The molecule has 0 aliphatic rings. The third-order valence-corrected chi connectivity index (χ3v) is 8.11. The van der Waals surface area contributed by atoms with Crippen LogP contribution in [0.15, 0.2) is 121 Å². The van der Waals surface area contributed by atoms with E-state index in [9.17, 15) is 19.2 Å². The number of carbonyl (C=O) groups excluding carboxylic acids is 4. The summed E-state index contributed by atoms with van der Waals surface area (Å²) in [6, 6.07) is 24.9. The van der Waals surface area contributed by atoms with Crippen LogP contribution in [-0.4, -0.2) is 61.5 Å². The van der Waals surface area contributed by atoms with Gasteiger partial charge in [0.25, 0.3) is 0 Å². The Hall–Kier alpha value is -6.80. The summed E-state index contributed by atoms with van der Waals surface area (Å²) >= 11 is 1.44. The maximum Gasteiger partial charge on any atom is 0.343 e. The number of esters is 4. The Balaban J connectivity index is 1.18. The summed E-state index contributed by atoms with van der Waals surface area (Å²) in [6.07, 6.45) is 4.61. The molecule has 0 aliphatic heterocycles. The number of thiazole rings is 1. The van der Waals surface area contributed by atoms with Crippen LogP contribution < -0.4 is 24.4 Å². The van der Waals surface area contributed by atoms with E-state index >= 15 is 0 Å². The second-order valence-corrected chi connectivity index (χ2v) is 12.1. The molecule has 54 heavy (non-hydrogen) atoms. The number of rotatable bonds is 19. The number of nitrogens with one attached hydrogen (secondary N) is 1. The van der Waals surface area contributed by atoms with Gasteiger partial charge in [-0.15, -0.1) is 0 Å². The SMILES string of the molecule is C=CC(=O)OCCCOc1ccc(C(=O)Oc2ccc(C(=O)Oc3ccc(OCCCOC(=O)C=C)cc3/C=N/Nc3nc4ccccc4s3)cc2)cc1. The maximum absolute atomic E-state index is 13.2. The van der Waals surface area contributed by atoms with Crippen molar-refractivity contribution in [3.05, 3.63) is 133 Å². The largest absolute Gasteiger partial charge is 0.493 e. The van der Waals surface area contributed by atoms with E-state index in [1.807, 2.05) is 24.3 Å². The zero-order chi connectivity index (χ0) is 38.1. The molecule has 4 aromatic carbocycles. The molecular formula is C40H35N3O10S. The Morgan fingerprint density at radius 2 is 1.26 bits per heavy atom. The Bertz CT molecular complexity index is 2100. The number of hydrazone groups is 1. The van der Waals surface area contributed by atoms with E-state index in [-0.39, 0.29) is 36.9 Å². The monoisotopic (exact) mass is 749 g/mol. The van der Waals surface area contributed by atoms with Crippen LogP contribution in [0.5, 0.6) is 23.0 Å². The summed E-state index contributed by atoms with van der Waals surface area (Å²) in [5.41, 5.74) is 4.69. The van der Waals surface area contributed by atoms with Crippen LogP contribution in [0.4, 0.5) is 5.13 Å². The maximum atomic E-state index is 13.2. The van der Waals surface area contributed by atoms with Crippen molar-refractivity contribution in [3.63, 3.8) is 0 Å². The highest BCUT2D eigenvalue weighted by Crippen LogP contribution is 2.27. The first-order chi connectivity index (χ1) is 26.3. The van der Waals surface area contributed by atoms with Gasteiger partial charge < -0.3 is 28.4 Å². The van der Waals surface area contributed by atoms with Crippen molar-refractivity contribution in [2.45, 2.75) is 12.8 Å². The lowest BCUT2D eigenvalue weighted by atomic mass is 10.2. The highest BCUT2D eigenvalue weighted by molar-refractivity contribution is 7.22. The van der Waals surface area contributed by atoms with Gasteiger partial charge in [-0.3, -0.25) is 5.43 Å². The number of hydrogen-bond donors (Lipinski definition) is 1. The number of anilines is 1. The molecular weight excluding hydrogens is 715 g/mol. The van der Waals surface area contributed by atoms with Gasteiger partial charge in [0.1, 0.15) is 23.0 Å². The van der Waals surface area contributed by atoms with Gasteiger partial charge >= 0.3 is 23.9 Å². The zero-order valence-electron chi connectivity index (χ0n) is 28.9. The van der Waals surface area contributed by atoms with E-state index in [0.29, 0.717) is 47.2 Å². The standard InChI is InChI=1S/C40H35N3O10S/c1-3-36(44)50-23-7-21-48-30-15-11-27(12-16-30)38(46)52-31-17-13-28(14-18-31)39(47)53-34-20-19-32(49-22-8-24-51-37(45)4-2)25-29(34)26-41-43-40-42-33-9-5-6-10-35(33)54-40/h3-6,9-20,25-26H,1-2,7-8,21-24H2,(H,42,43)/b41-26+. The molecule has 1 aromatic heterocycles. The first-order valence-electron chi connectivity index (χ1n) is 16.6. The number of ether oxygens (including phenoxy) is 6. The van der Waals surface area contributed by atoms with Crippen molar-refractivity contribution >= 4 is 56.8 Å². The minimum Gasteiger partial charge on any atom is -0.493 e. The van der Waals surface area contributed by atoms with E-state index in [0.717, 1.165) is 22.4 Å². The van der Waals surface area contributed by atoms with Gasteiger partial charge in [0.15, 0.2) is 0 Å². The zero-order valence-corrected chi connectivity index (χ0v) is 29.8. The van der Waals surface area contributed by atoms with Crippen molar-refractivity contribution < 1.29 is 47.6 Å². The van der Waals surface area contributed by atoms with Crippen LogP contribution in [0.3, 0.4) is 0 Å². The van der Waals surface area contributed by atoms with Gasteiger partial charge in [0.05, 0.1) is 54.0 Å². The molecule has 1 heterocycles. The molecule has 276 valence electrons. The molecule has 0 saturated carbocycles. The normalized spacial score (nSPS) is 10.7. The van der Waals surface area contributed by atoms with E-state index < -0.39 is 23.9 Å². The van der Waals surface area contributed by atoms with Gasteiger partial charge in [-0.25, -0.2) is 24.2 Å². The summed E-state index contributed by atoms with van der Waals surface area (Å²) in [7, 11) is 0. The van der Waals surface area contributed by atoms with Crippen molar-refractivity contribution in [2.24, 2.45) is 5.10 Å². The number of nitrogens with zero attached hydrogens (tertiary/aromatic N) is 2. The lowest BCUT2D eigenvalue weighted by Gasteiger charge is -2.11. The fourth-order valence-corrected chi connectivity index (χ4v) is 5.34. The summed E-state index contributed by atoms with van der Waals surface area (Å²) in [5.74, 6) is -0.819.